The van der Waals surface area contributed by atoms with Gasteiger partial charge in [0.15, 0.2) is 0 Å². The van der Waals surface area contributed by atoms with Crippen LogP contribution >= 0.6 is 11.3 Å². The van der Waals surface area contributed by atoms with E-state index in [9.17, 15) is 5.11 Å². The number of hydrogen-bond acceptors (Lipinski definition) is 4. The molecule has 0 radical (unpaired) electrons. The van der Waals surface area contributed by atoms with Crippen molar-refractivity contribution in [3.63, 3.8) is 0 Å². The van der Waals surface area contributed by atoms with Gasteiger partial charge in [-0.15, -0.1) is 10.2 Å². The lowest BCUT2D eigenvalue weighted by molar-refractivity contribution is 0.179. The highest BCUT2D eigenvalue weighted by Gasteiger charge is 2.35. The normalized spacial score (nSPS) is 26.6. The van der Waals surface area contributed by atoms with Gasteiger partial charge in [-0.25, -0.2) is 0 Å². The maximum atomic E-state index is 9.42. The number of aliphatic hydroxyl groups is 1. The second kappa shape index (κ2) is 4.65. The first-order chi connectivity index (χ1) is 7.85. The van der Waals surface area contributed by atoms with E-state index in [-0.39, 0.29) is 0 Å². The lowest BCUT2D eigenvalue weighted by Gasteiger charge is -2.37. The summed E-state index contributed by atoms with van der Waals surface area (Å²) in [6.45, 7) is 8.65. The van der Waals surface area contributed by atoms with Crippen molar-refractivity contribution in [2.75, 3.05) is 0 Å². The van der Waals surface area contributed by atoms with E-state index in [0.29, 0.717) is 11.3 Å². The van der Waals surface area contributed by atoms with Crippen molar-refractivity contribution < 1.29 is 5.11 Å². The second-order valence-corrected chi connectivity index (χ2v) is 7.49. The number of aliphatic hydroxyl groups excluding tert-OH is 1. The molecule has 0 aliphatic heterocycles. The topological polar surface area (TPSA) is 46.0 Å². The van der Waals surface area contributed by atoms with E-state index >= 15 is 0 Å². The number of aromatic nitrogens is 2. The Kier molecular flexibility index (Phi) is 3.55. The average Bonchev–Trinajstić information content (AvgIpc) is 2.57. The van der Waals surface area contributed by atoms with Crippen LogP contribution in [-0.2, 0) is 0 Å². The molecule has 1 N–H and O–H groups in total. The van der Waals surface area contributed by atoms with E-state index < -0.39 is 6.10 Å². The molecule has 1 saturated carbocycles. The molecule has 1 aliphatic rings. The van der Waals surface area contributed by atoms with E-state index in [1.54, 1.807) is 18.3 Å². The minimum absolute atomic E-state index is 0.432. The smallest absolute Gasteiger partial charge is 0.145 e. The monoisotopic (exact) mass is 254 g/mol. The van der Waals surface area contributed by atoms with Crippen LogP contribution in [0.3, 0.4) is 0 Å². The van der Waals surface area contributed by atoms with Gasteiger partial charge < -0.3 is 5.11 Å². The minimum atomic E-state index is -0.480. The zero-order valence-electron chi connectivity index (χ0n) is 11.1. The molecule has 0 amide bonds. The molecule has 4 heteroatoms. The van der Waals surface area contributed by atoms with Crippen molar-refractivity contribution in [2.45, 2.75) is 59.0 Å². The quantitative estimate of drug-likeness (QED) is 0.897. The predicted octanol–water partition coefficient (Wildman–Crippen LogP) is 3.52. The molecule has 96 valence electrons. The Balaban J connectivity index is 1.86. The molecule has 1 aromatic heterocycles. The lowest BCUT2D eigenvalue weighted by Crippen LogP contribution is -2.26. The first-order valence-electron chi connectivity index (χ1n) is 6.36. The van der Waals surface area contributed by atoms with Gasteiger partial charge in [-0.3, -0.25) is 0 Å². The fourth-order valence-electron chi connectivity index (χ4n) is 2.55. The Bertz CT molecular complexity index is 375. The van der Waals surface area contributed by atoms with Crippen LogP contribution in [0.15, 0.2) is 0 Å². The van der Waals surface area contributed by atoms with E-state index in [1.165, 1.54) is 19.3 Å². The number of hydrogen-bond donors (Lipinski definition) is 1. The minimum Gasteiger partial charge on any atom is -0.386 e. The second-order valence-electron chi connectivity index (χ2n) is 6.45. The lowest BCUT2D eigenvalue weighted by atomic mass is 9.68. The van der Waals surface area contributed by atoms with Gasteiger partial charge in [0.25, 0.3) is 0 Å². The maximum absolute atomic E-state index is 9.42. The molecule has 1 heterocycles. The van der Waals surface area contributed by atoms with Gasteiger partial charge in [-0.1, -0.05) is 32.1 Å². The summed E-state index contributed by atoms with van der Waals surface area (Å²) in [5.41, 5.74) is 0.432. The fourth-order valence-corrected chi connectivity index (χ4v) is 3.46. The van der Waals surface area contributed by atoms with Crippen LogP contribution < -0.4 is 0 Å². The summed E-state index contributed by atoms with van der Waals surface area (Å²) in [6, 6.07) is 0. The van der Waals surface area contributed by atoms with E-state index in [0.717, 1.165) is 15.9 Å². The van der Waals surface area contributed by atoms with Gasteiger partial charge in [0.05, 0.1) is 0 Å². The van der Waals surface area contributed by atoms with Crippen LogP contribution in [0.1, 0.15) is 69.0 Å². The number of nitrogens with zero attached hydrogens (tertiary/aromatic N) is 2. The summed E-state index contributed by atoms with van der Waals surface area (Å²) in [5, 5.41) is 19.5. The van der Waals surface area contributed by atoms with Crippen molar-refractivity contribution in [1.29, 1.82) is 0 Å². The SMILES string of the molecule is C[C@H](O)c1nnc([C@H]2C[C@@H](CC(C)(C)C)C2)s1. The summed E-state index contributed by atoms with van der Waals surface area (Å²) < 4.78 is 0. The molecule has 0 aromatic carbocycles. The summed E-state index contributed by atoms with van der Waals surface area (Å²) in [5.74, 6) is 1.44. The predicted molar refractivity (Wildman–Crippen MR) is 70.1 cm³/mol. The molecule has 2 rings (SSSR count). The zero-order chi connectivity index (χ0) is 12.6. The van der Waals surface area contributed by atoms with Crippen molar-refractivity contribution >= 4 is 11.3 Å². The van der Waals surface area contributed by atoms with E-state index in [1.807, 2.05) is 0 Å². The highest BCUT2D eigenvalue weighted by molar-refractivity contribution is 7.11. The molecule has 17 heavy (non-hydrogen) atoms. The molecule has 1 aliphatic carbocycles. The van der Waals surface area contributed by atoms with Crippen LogP contribution in [0.5, 0.6) is 0 Å². The van der Waals surface area contributed by atoms with Gasteiger partial charge in [0, 0.05) is 5.92 Å². The van der Waals surface area contributed by atoms with Crippen molar-refractivity contribution in [1.82, 2.24) is 10.2 Å². The summed E-state index contributed by atoms with van der Waals surface area (Å²) in [7, 11) is 0. The van der Waals surface area contributed by atoms with Crippen molar-refractivity contribution in [3.05, 3.63) is 10.0 Å². The van der Waals surface area contributed by atoms with Crippen LogP contribution in [0.25, 0.3) is 0 Å². The first-order valence-corrected chi connectivity index (χ1v) is 7.18. The van der Waals surface area contributed by atoms with Crippen LogP contribution in [0.4, 0.5) is 0 Å². The van der Waals surface area contributed by atoms with Crippen LogP contribution in [0, 0.1) is 11.3 Å². The van der Waals surface area contributed by atoms with Gasteiger partial charge >= 0.3 is 0 Å². The Morgan fingerprint density at radius 1 is 1.35 bits per heavy atom. The summed E-state index contributed by atoms with van der Waals surface area (Å²) in [6.07, 6.45) is 3.30. The largest absolute Gasteiger partial charge is 0.386 e. The van der Waals surface area contributed by atoms with Crippen molar-refractivity contribution in [2.24, 2.45) is 11.3 Å². The summed E-state index contributed by atoms with van der Waals surface area (Å²) >= 11 is 1.57. The molecule has 0 unspecified atom stereocenters. The molecule has 1 atom stereocenters. The van der Waals surface area contributed by atoms with Gasteiger partial charge in [0.2, 0.25) is 0 Å². The van der Waals surface area contributed by atoms with E-state index in [2.05, 4.69) is 31.0 Å². The molecular formula is C13H22N2OS. The van der Waals surface area contributed by atoms with Gasteiger partial charge in [0.1, 0.15) is 16.1 Å². The molecule has 0 spiro atoms. The van der Waals surface area contributed by atoms with Crippen LogP contribution in [-0.4, -0.2) is 15.3 Å². The third-order valence-electron chi connectivity index (χ3n) is 3.30. The highest BCUT2D eigenvalue weighted by Crippen LogP contribution is 2.47. The third kappa shape index (κ3) is 3.26. The molecule has 0 saturated heterocycles. The Morgan fingerprint density at radius 2 is 2.00 bits per heavy atom. The zero-order valence-corrected chi connectivity index (χ0v) is 11.9. The Morgan fingerprint density at radius 3 is 2.47 bits per heavy atom. The Labute approximate surface area is 107 Å². The van der Waals surface area contributed by atoms with E-state index in [4.69, 9.17) is 0 Å². The third-order valence-corrected chi connectivity index (χ3v) is 4.56. The molecule has 3 nitrogen and oxygen atoms in total. The molecule has 0 bridgehead atoms. The Hall–Kier alpha value is -0.480. The highest BCUT2D eigenvalue weighted by atomic mass is 32.1. The first kappa shape index (κ1) is 13.0. The van der Waals surface area contributed by atoms with Crippen molar-refractivity contribution in [3.8, 4) is 0 Å². The molecular weight excluding hydrogens is 232 g/mol. The van der Waals surface area contributed by atoms with Gasteiger partial charge in [-0.05, 0) is 37.5 Å². The average molecular weight is 254 g/mol. The number of rotatable bonds is 3. The standard InChI is InChI=1S/C13H22N2OS/c1-8(16)11-14-15-12(17-11)10-5-9(6-10)7-13(2,3)4/h8-10,16H,5-7H2,1-4H3/t8-,9-,10+/m0/s1. The van der Waals surface area contributed by atoms with Crippen LogP contribution in [0.2, 0.25) is 0 Å². The molecule has 1 fully saturated rings. The fraction of sp³-hybridized carbons (Fsp3) is 0.846. The van der Waals surface area contributed by atoms with Gasteiger partial charge in [-0.2, -0.15) is 0 Å². The summed E-state index contributed by atoms with van der Waals surface area (Å²) in [4.78, 5) is 0. The maximum Gasteiger partial charge on any atom is 0.145 e. The molecule has 1 aromatic rings.